The maximum absolute atomic E-state index is 12.0. The number of hydrogen-bond acceptors (Lipinski definition) is 3. The predicted molar refractivity (Wildman–Crippen MR) is 76.8 cm³/mol. The van der Waals surface area contributed by atoms with Crippen LogP contribution in [-0.4, -0.2) is 10.9 Å². The minimum atomic E-state index is -0.406. The van der Waals surface area contributed by atoms with Crippen LogP contribution in [-0.2, 0) is 0 Å². The summed E-state index contributed by atoms with van der Waals surface area (Å²) in [5, 5.41) is 5.80. The third-order valence-electron chi connectivity index (χ3n) is 2.78. The van der Waals surface area contributed by atoms with Crippen molar-refractivity contribution in [2.45, 2.75) is 0 Å². The van der Waals surface area contributed by atoms with Crippen LogP contribution in [0.1, 0.15) is 10.4 Å². The molecule has 5 heteroatoms. The molecule has 0 aliphatic carbocycles. The van der Waals surface area contributed by atoms with E-state index in [1.807, 2.05) is 29.6 Å². The van der Waals surface area contributed by atoms with E-state index >= 15 is 0 Å². The fraction of sp³-hybridized carbons (Fsp3) is 0. The van der Waals surface area contributed by atoms with Gasteiger partial charge in [0.2, 0.25) is 0 Å². The first kappa shape index (κ1) is 11.7. The van der Waals surface area contributed by atoms with Crippen molar-refractivity contribution in [3.8, 4) is 0 Å². The number of pyridine rings is 1. The summed E-state index contributed by atoms with van der Waals surface area (Å²) in [5.74, 6) is -0.406. The molecule has 3 aromatic rings. The van der Waals surface area contributed by atoms with Crippen molar-refractivity contribution in [1.82, 2.24) is 4.98 Å². The Morgan fingerprint density at radius 1 is 1.21 bits per heavy atom. The van der Waals surface area contributed by atoms with E-state index in [4.69, 9.17) is 0 Å². The molecule has 0 unspecified atom stereocenters. The van der Waals surface area contributed by atoms with Crippen LogP contribution in [0, 0.1) is 0 Å². The number of amides is 1. The number of carbonyl (C=O) groups is 1. The Morgan fingerprint density at radius 3 is 2.95 bits per heavy atom. The third-order valence-corrected chi connectivity index (χ3v) is 3.68. The lowest BCUT2D eigenvalue weighted by atomic mass is 10.2. The van der Waals surface area contributed by atoms with Gasteiger partial charge in [-0.3, -0.25) is 9.59 Å². The van der Waals surface area contributed by atoms with Crippen LogP contribution in [0.3, 0.4) is 0 Å². The van der Waals surface area contributed by atoms with Gasteiger partial charge < -0.3 is 10.3 Å². The lowest BCUT2D eigenvalue weighted by Crippen LogP contribution is -2.20. The van der Waals surface area contributed by atoms with Gasteiger partial charge in [-0.25, -0.2) is 0 Å². The Balaban J connectivity index is 1.90. The quantitative estimate of drug-likeness (QED) is 0.752. The van der Waals surface area contributed by atoms with Gasteiger partial charge in [0.05, 0.1) is 0 Å². The van der Waals surface area contributed by atoms with Crippen molar-refractivity contribution in [3.05, 3.63) is 63.9 Å². The number of carbonyl (C=O) groups excluding carboxylic acids is 1. The fourth-order valence-electron chi connectivity index (χ4n) is 1.84. The number of thiophene rings is 1. The van der Waals surface area contributed by atoms with Crippen molar-refractivity contribution < 1.29 is 4.79 Å². The first-order valence-electron chi connectivity index (χ1n) is 5.70. The summed E-state index contributed by atoms with van der Waals surface area (Å²) in [6.45, 7) is 0. The largest absolute Gasteiger partial charge is 0.367 e. The maximum atomic E-state index is 12.0. The standard InChI is InChI=1S/C14H10N2O2S/c17-12-3-5-15-8-11(12)14(18)16-10-1-2-13-9(7-10)4-6-19-13/h1-8H,(H,15,17)(H,16,18). The number of aromatic nitrogens is 1. The van der Waals surface area contributed by atoms with Crippen LogP contribution in [0.25, 0.3) is 10.1 Å². The summed E-state index contributed by atoms with van der Waals surface area (Å²) in [6.07, 6.45) is 2.90. The van der Waals surface area contributed by atoms with Crippen LogP contribution >= 0.6 is 11.3 Å². The third kappa shape index (κ3) is 2.28. The highest BCUT2D eigenvalue weighted by Gasteiger charge is 2.09. The molecule has 0 aliphatic rings. The topological polar surface area (TPSA) is 62.0 Å². The molecule has 2 heterocycles. The van der Waals surface area contributed by atoms with E-state index in [0.717, 1.165) is 10.1 Å². The fourth-order valence-corrected chi connectivity index (χ4v) is 2.61. The monoisotopic (exact) mass is 270 g/mol. The number of aromatic amines is 1. The molecule has 3 rings (SSSR count). The molecule has 1 aromatic carbocycles. The van der Waals surface area contributed by atoms with E-state index in [1.54, 1.807) is 11.3 Å². The Morgan fingerprint density at radius 2 is 2.11 bits per heavy atom. The van der Waals surface area contributed by atoms with Crippen LogP contribution in [0.5, 0.6) is 0 Å². The predicted octanol–water partition coefficient (Wildman–Crippen LogP) is 2.84. The highest BCUT2D eigenvalue weighted by atomic mass is 32.1. The molecule has 0 spiro atoms. The highest BCUT2D eigenvalue weighted by Crippen LogP contribution is 2.24. The zero-order valence-corrected chi connectivity index (χ0v) is 10.7. The van der Waals surface area contributed by atoms with E-state index in [2.05, 4.69) is 10.3 Å². The smallest absolute Gasteiger partial charge is 0.261 e. The van der Waals surface area contributed by atoms with Crippen LogP contribution < -0.4 is 10.7 Å². The average molecular weight is 270 g/mol. The molecule has 0 aliphatic heterocycles. The lowest BCUT2D eigenvalue weighted by molar-refractivity contribution is 0.102. The van der Waals surface area contributed by atoms with Crippen molar-refractivity contribution in [1.29, 1.82) is 0 Å². The maximum Gasteiger partial charge on any atom is 0.261 e. The second-order valence-electron chi connectivity index (χ2n) is 4.05. The molecule has 2 aromatic heterocycles. The molecule has 0 fully saturated rings. The number of hydrogen-bond donors (Lipinski definition) is 2. The molecule has 4 nitrogen and oxygen atoms in total. The molecular formula is C14H10N2O2S. The normalized spacial score (nSPS) is 10.5. The molecular weight excluding hydrogens is 260 g/mol. The minimum Gasteiger partial charge on any atom is -0.367 e. The van der Waals surface area contributed by atoms with Crippen LogP contribution in [0.4, 0.5) is 5.69 Å². The Labute approximate surface area is 112 Å². The number of H-pyrrole nitrogens is 1. The van der Waals surface area contributed by atoms with Gasteiger partial charge in [0, 0.05) is 28.8 Å². The molecule has 0 saturated carbocycles. The van der Waals surface area contributed by atoms with Crippen LogP contribution in [0.15, 0.2) is 52.9 Å². The van der Waals surface area contributed by atoms with Gasteiger partial charge in [-0.05, 0) is 35.0 Å². The van der Waals surface area contributed by atoms with Gasteiger partial charge in [0.1, 0.15) is 5.56 Å². The summed E-state index contributed by atoms with van der Waals surface area (Å²) < 4.78 is 1.16. The zero-order chi connectivity index (χ0) is 13.2. The van der Waals surface area contributed by atoms with Gasteiger partial charge in [0.25, 0.3) is 5.91 Å². The summed E-state index contributed by atoms with van der Waals surface area (Å²) in [7, 11) is 0. The van der Waals surface area contributed by atoms with Gasteiger partial charge >= 0.3 is 0 Å². The first-order valence-corrected chi connectivity index (χ1v) is 6.58. The Kier molecular flexibility index (Phi) is 2.89. The van der Waals surface area contributed by atoms with Crippen molar-refractivity contribution >= 4 is 33.0 Å². The van der Waals surface area contributed by atoms with Crippen molar-refractivity contribution in [3.63, 3.8) is 0 Å². The molecule has 2 N–H and O–H groups in total. The molecule has 0 radical (unpaired) electrons. The number of anilines is 1. The molecule has 0 atom stereocenters. The minimum absolute atomic E-state index is 0.105. The van der Waals surface area contributed by atoms with Crippen LogP contribution in [0.2, 0.25) is 0 Å². The van der Waals surface area contributed by atoms with E-state index in [9.17, 15) is 9.59 Å². The molecule has 94 valence electrons. The molecule has 19 heavy (non-hydrogen) atoms. The number of fused-ring (bicyclic) bond motifs is 1. The lowest BCUT2D eigenvalue weighted by Gasteiger charge is -2.04. The van der Waals surface area contributed by atoms with Gasteiger partial charge in [0.15, 0.2) is 5.43 Å². The van der Waals surface area contributed by atoms with E-state index in [0.29, 0.717) is 5.69 Å². The SMILES string of the molecule is O=C(Nc1ccc2sccc2c1)c1c[nH]ccc1=O. The second-order valence-corrected chi connectivity index (χ2v) is 5.00. The van der Waals surface area contributed by atoms with E-state index in [-0.39, 0.29) is 11.0 Å². The summed E-state index contributed by atoms with van der Waals surface area (Å²) in [6, 6.07) is 8.99. The van der Waals surface area contributed by atoms with Gasteiger partial charge in [-0.2, -0.15) is 0 Å². The average Bonchev–Trinajstić information content (AvgIpc) is 2.86. The Bertz CT molecular complexity index is 804. The first-order chi connectivity index (χ1) is 9.24. The number of rotatable bonds is 2. The summed E-state index contributed by atoms with van der Waals surface area (Å²) in [4.78, 5) is 26.3. The molecule has 1 amide bonds. The Hall–Kier alpha value is -2.40. The number of benzene rings is 1. The van der Waals surface area contributed by atoms with Gasteiger partial charge in [-0.15, -0.1) is 11.3 Å². The van der Waals surface area contributed by atoms with Crippen molar-refractivity contribution in [2.75, 3.05) is 5.32 Å². The molecule has 0 bridgehead atoms. The number of nitrogens with one attached hydrogen (secondary N) is 2. The summed E-state index contributed by atoms with van der Waals surface area (Å²) in [5.41, 5.74) is 0.486. The second kappa shape index (κ2) is 4.70. The van der Waals surface area contributed by atoms with E-state index in [1.165, 1.54) is 18.5 Å². The highest BCUT2D eigenvalue weighted by molar-refractivity contribution is 7.17. The van der Waals surface area contributed by atoms with E-state index < -0.39 is 5.91 Å². The van der Waals surface area contributed by atoms with Gasteiger partial charge in [-0.1, -0.05) is 0 Å². The zero-order valence-electron chi connectivity index (χ0n) is 9.84. The molecule has 0 saturated heterocycles. The van der Waals surface area contributed by atoms with Crippen molar-refractivity contribution in [2.24, 2.45) is 0 Å². The summed E-state index contributed by atoms with van der Waals surface area (Å²) >= 11 is 1.65.